The van der Waals surface area contributed by atoms with Crippen molar-refractivity contribution in [1.29, 1.82) is 0 Å². The Balaban J connectivity index is 2.20. The van der Waals surface area contributed by atoms with Crippen LogP contribution in [0.25, 0.3) is 0 Å². The average Bonchev–Trinajstić information content (AvgIpc) is 2.54. The average molecular weight is 315 g/mol. The van der Waals surface area contributed by atoms with Gasteiger partial charge in [0.05, 0.1) is 5.57 Å². The molecule has 0 radical (unpaired) electrons. The van der Waals surface area contributed by atoms with Crippen LogP contribution in [0.4, 0.5) is 0 Å². The van der Waals surface area contributed by atoms with Crippen LogP contribution in [0.5, 0.6) is 0 Å². The van der Waals surface area contributed by atoms with Crippen molar-refractivity contribution in [3.05, 3.63) is 47.7 Å². The fourth-order valence-corrected chi connectivity index (χ4v) is 2.78. The van der Waals surface area contributed by atoms with E-state index in [1.807, 2.05) is 30.3 Å². The molecule has 1 aromatic rings. The number of likely N-dealkylation sites (N-methyl/N-ethyl adjacent to an activating group) is 1. The first-order valence-electron chi connectivity index (χ1n) is 7.75. The number of carbonyl (C=O) groups is 3. The molecule has 1 atom stereocenters. The zero-order valence-electron chi connectivity index (χ0n) is 13.4. The van der Waals surface area contributed by atoms with Crippen LogP contribution in [0.3, 0.4) is 0 Å². The smallest absolute Gasteiger partial charge is 0.326 e. The molecular formula is C18H21NO4. The van der Waals surface area contributed by atoms with Crippen LogP contribution in [0.2, 0.25) is 0 Å². The third-order valence-electron chi connectivity index (χ3n) is 4.25. The van der Waals surface area contributed by atoms with Crippen LogP contribution < -0.4 is 0 Å². The van der Waals surface area contributed by atoms with Crippen LogP contribution in [0, 0.1) is 0 Å². The maximum absolute atomic E-state index is 12.4. The predicted octanol–water partition coefficient (Wildman–Crippen LogP) is 2.38. The van der Waals surface area contributed by atoms with Gasteiger partial charge in [0, 0.05) is 25.6 Å². The van der Waals surface area contributed by atoms with Crippen LogP contribution in [0.15, 0.2) is 42.1 Å². The Labute approximate surface area is 135 Å². The van der Waals surface area contributed by atoms with E-state index in [2.05, 4.69) is 0 Å². The molecule has 1 aliphatic carbocycles. The van der Waals surface area contributed by atoms with Crippen molar-refractivity contribution in [2.75, 3.05) is 6.54 Å². The van der Waals surface area contributed by atoms with Gasteiger partial charge in [-0.05, 0) is 25.3 Å². The minimum absolute atomic E-state index is 0.0969. The number of ketones is 2. The number of rotatable bonds is 5. The molecule has 5 nitrogen and oxygen atoms in total. The molecule has 0 saturated heterocycles. The Hall–Kier alpha value is -2.43. The van der Waals surface area contributed by atoms with Crippen LogP contribution in [0.1, 0.15) is 38.2 Å². The van der Waals surface area contributed by atoms with E-state index in [1.54, 1.807) is 6.92 Å². The first-order valence-corrected chi connectivity index (χ1v) is 7.75. The van der Waals surface area contributed by atoms with E-state index in [1.165, 1.54) is 18.0 Å². The molecule has 0 aliphatic heterocycles. The maximum atomic E-state index is 12.4. The number of allylic oxidation sites excluding steroid dienone is 1. The number of carboxylic acids is 1. The van der Waals surface area contributed by atoms with Gasteiger partial charge >= 0.3 is 5.97 Å². The van der Waals surface area contributed by atoms with E-state index in [-0.39, 0.29) is 35.9 Å². The number of Topliss-reactive ketones (excluding diaryl/α,β-unsaturated/α-hetero) is 2. The first-order chi connectivity index (χ1) is 10.9. The molecule has 122 valence electrons. The number of aliphatic carboxylic acids is 1. The van der Waals surface area contributed by atoms with Gasteiger partial charge in [-0.1, -0.05) is 30.3 Å². The van der Waals surface area contributed by atoms with Gasteiger partial charge in [-0.2, -0.15) is 0 Å². The highest BCUT2D eigenvalue weighted by atomic mass is 16.4. The van der Waals surface area contributed by atoms with E-state index < -0.39 is 12.0 Å². The number of hydrogen-bond donors (Lipinski definition) is 1. The fraction of sp³-hybridized carbons (Fsp3) is 0.389. The predicted molar refractivity (Wildman–Crippen MR) is 86.0 cm³/mol. The van der Waals surface area contributed by atoms with E-state index in [0.29, 0.717) is 6.54 Å². The van der Waals surface area contributed by atoms with E-state index in [0.717, 1.165) is 5.56 Å². The quantitative estimate of drug-likeness (QED) is 0.667. The monoisotopic (exact) mass is 315 g/mol. The van der Waals surface area contributed by atoms with Gasteiger partial charge in [0.25, 0.3) is 0 Å². The lowest BCUT2D eigenvalue weighted by Gasteiger charge is -2.27. The van der Waals surface area contributed by atoms with Gasteiger partial charge in [-0.3, -0.25) is 9.59 Å². The van der Waals surface area contributed by atoms with E-state index >= 15 is 0 Å². The second-order valence-electron chi connectivity index (χ2n) is 5.75. The third kappa shape index (κ3) is 3.86. The zero-order valence-corrected chi connectivity index (χ0v) is 13.4. The van der Waals surface area contributed by atoms with E-state index in [9.17, 15) is 14.4 Å². The summed E-state index contributed by atoms with van der Waals surface area (Å²) < 4.78 is 0. The van der Waals surface area contributed by atoms with Gasteiger partial charge < -0.3 is 10.0 Å². The molecule has 0 spiro atoms. The molecule has 0 bridgehead atoms. The Morgan fingerprint density at radius 2 is 1.83 bits per heavy atom. The van der Waals surface area contributed by atoms with Crippen molar-refractivity contribution in [1.82, 2.24) is 4.90 Å². The van der Waals surface area contributed by atoms with Crippen molar-refractivity contribution in [2.45, 2.75) is 38.6 Å². The normalized spacial score (nSPS) is 19.4. The van der Waals surface area contributed by atoms with Gasteiger partial charge in [-0.15, -0.1) is 0 Å². The fourth-order valence-electron chi connectivity index (χ4n) is 2.78. The summed E-state index contributed by atoms with van der Waals surface area (Å²) in [5.41, 5.74) is 1.10. The molecule has 1 aliphatic rings. The summed E-state index contributed by atoms with van der Waals surface area (Å²) >= 11 is 0. The maximum Gasteiger partial charge on any atom is 0.326 e. The summed E-state index contributed by atoms with van der Waals surface area (Å²) in [6, 6.07) is 8.75. The molecular weight excluding hydrogens is 294 g/mol. The molecule has 0 heterocycles. The molecule has 1 saturated carbocycles. The van der Waals surface area contributed by atoms with Crippen LogP contribution >= 0.6 is 0 Å². The summed E-state index contributed by atoms with van der Waals surface area (Å²) in [5.74, 6) is -1.51. The SMILES string of the molecule is CCN(C=C1C(=O)CC(c2ccccc2)CC1=O)C(C)C(=O)O. The largest absolute Gasteiger partial charge is 0.480 e. The number of carbonyl (C=O) groups excluding carboxylic acids is 2. The Bertz CT molecular complexity index is 616. The molecule has 1 N–H and O–H groups in total. The number of benzene rings is 1. The lowest BCUT2D eigenvalue weighted by Crippen LogP contribution is -2.37. The minimum atomic E-state index is -0.985. The molecule has 1 unspecified atom stereocenters. The Morgan fingerprint density at radius 1 is 1.26 bits per heavy atom. The molecule has 5 heteroatoms. The van der Waals surface area contributed by atoms with Crippen molar-refractivity contribution >= 4 is 17.5 Å². The van der Waals surface area contributed by atoms with Crippen molar-refractivity contribution in [3.63, 3.8) is 0 Å². The topological polar surface area (TPSA) is 74.7 Å². The zero-order chi connectivity index (χ0) is 17.0. The summed E-state index contributed by atoms with van der Waals surface area (Å²) in [6.45, 7) is 3.74. The number of carboxylic acid groups (broad SMARTS) is 1. The lowest BCUT2D eigenvalue weighted by atomic mass is 9.80. The molecule has 0 amide bonds. The molecule has 2 rings (SSSR count). The van der Waals surface area contributed by atoms with Crippen molar-refractivity contribution in [2.24, 2.45) is 0 Å². The highest BCUT2D eigenvalue weighted by Gasteiger charge is 2.32. The molecule has 1 fully saturated rings. The van der Waals surface area contributed by atoms with Gasteiger partial charge in [0.15, 0.2) is 11.6 Å². The second-order valence-corrected chi connectivity index (χ2v) is 5.75. The van der Waals surface area contributed by atoms with Gasteiger partial charge in [-0.25, -0.2) is 4.79 Å². The standard InChI is InChI=1S/C18H21NO4/c1-3-19(12(2)18(22)23)11-15-16(20)9-14(10-17(15)21)13-7-5-4-6-8-13/h4-8,11-12,14H,3,9-10H2,1-2H3,(H,22,23). The number of hydrogen-bond acceptors (Lipinski definition) is 4. The third-order valence-corrected chi connectivity index (χ3v) is 4.25. The molecule has 0 aromatic heterocycles. The second kappa shape index (κ2) is 7.22. The van der Waals surface area contributed by atoms with Crippen molar-refractivity contribution < 1.29 is 19.5 Å². The van der Waals surface area contributed by atoms with Gasteiger partial charge in [0.2, 0.25) is 0 Å². The summed E-state index contributed by atoms with van der Waals surface area (Å²) in [6.07, 6.45) is 1.98. The molecule has 1 aromatic carbocycles. The van der Waals surface area contributed by atoms with Gasteiger partial charge in [0.1, 0.15) is 6.04 Å². The van der Waals surface area contributed by atoms with Crippen LogP contribution in [-0.2, 0) is 14.4 Å². The highest BCUT2D eigenvalue weighted by Crippen LogP contribution is 2.31. The summed E-state index contributed by atoms with van der Waals surface area (Å²) in [4.78, 5) is 37.3. The summed E-state index contributed by atoms with van der Waals surface area (Å²) in [5, 5.41) is 9.09. The number of nitrogens with zero attached hydrogens (tertiary/aromatic N) is 1. The first kappa shape index (κ1) is 16.9. The van der Waals surface area contributed by atoms with E-state index in [4.69, 9.17) is 5.11 Å². The Morgan fingerprint density at radius 3 is 2.30 bits per heavy atom. The minimum Gasteiger partial charge on any atom is -0.480 e. The van der Waals surface area contributed by atoms with Crippen molar-refractivity contribution in [3.8, 4) is 0 Å². The Kier molecular flexibility index (Phi) is 5.32. The van der Waals surface area contributed by atoms with Crippen LogP contribution in [-0.4, -0.2) is 40.1 Å². The lowest BCUT2D eigenvalue weighted by molar-refractivity contribution is -0.141. The summed E-state index contributed by atoms with van der Waals surface area (Å²) in [7, 11) is 0. The molecule has 23 heavy (non-hydrogen) atoms. The highest BCUT2D eigenvalue weighted by molar-refractivity contribution is 6.22.